The fourth-order valence-electron chi connectivity index (χ4n) is 4.45. The molecule has 1 saturated heterocycles. The van der Waals surface area contributed by atoms with Crippen LogP contribution in [0, 0.1) is 6.92 Å². The zero-order valence-corrected chi connectivity index (χ0v) is 19.6. The van der Waals surface area contributed by atoms with Crippen molar-refractivity contribution in [2.75, 3.05) is 11.4 Å². The molecule has 1 aliphatic heterocycles. The summed E-state index contributed by atoms with van der Waals surface area (Å²) in [6.45, 7) is 1.90. The highest BCUT2D eigenvalue weighted by Gasteiger charge is 2.47. The smallest absolute Gasteiger partial charge is 0.417 e. The van der Waals surface area contributed by atoms with Crippen LogP contribution in [0.25, 0.3) is 0 Å². The Balaban J connectivity index is 1.66. The summed E-state index contributed by atoms with van der Waals surface area (Å²) in [6, 6.07) is 14.0. The second-order valence-corrected chi connectivity index (χ2v) is 10.7. The van der Waals surface area contributed by atoms with E-state index in [1.165, 1.54) is 11.0 Å². The van der Waals surface area contributed by atoms with Gasteiger partial charge >= 0.3 is 12.1 Å². The molecule has 186 valence electrons. The molecule has 1 fully saturated rings. The van der Waals surface area contributed by atoms with Crippen LogP contribution in [0.15, 0.2) is 65.6 Å². The lowest BCUT2D eigenvalue weighted by Crippen LogP contribution is -2.37. The van der Waals surface area contributed by atoms with Crippen LogP contribution in [0.5, 0.6) is 0 Å². The number of hydrogen-bond acceptors (Lipinski definition) is 5. The van der Waals surface area contributed by atoms with E-state index in [9.17, 15) is 31.5 Å². The molecule has 0 amide bonds. The number of carbonyl (C=O) groups is 1. The Morgan fingerprint density at radius 3 is 2.43 bits per heavy atom. The Hall–Kier alpha value is -3.34. The number of sulfone groups is 1. The van der Waals surface area contributed by atoms with Gasteiger partial charge in [-0.15, -0.1) is 0 Å². The van der Waals surface area contributed by atoms with Gasteiger partial charge in [-0.3, -0.25) is 0 Å². The van der Waals surface area contributed by atoms with E-state index in [0.717, 1.165) is 23.8 Å². The largest absolute Gasteiger partial charge is 0.480 e. The van der Waals surface area contributed by atoms with Crippen molar-refractivity contribution < 1.29 is 31.5 Å². The van der Waals surface area contributed by atoms with E-state index < -0.39 is 43.7 Å². The van der Waals surface area contributed by atoms with E-state index in [2.05, 4.69) is 5.10 Å². The maximum atomic E-state index is 13.5. The third-order valence-electron chi connectivity index (χ3n) is 6.12. The van der Waals surface area contributed by atoms with Gasteiger partial charge in [0.15, 0.2) is 9.84 Å². The molecule has 0 unspecified atom stereocenters. The number of hydrogen-bond donors (Lipinski definition) is 1. The molecule has 0 spiro atoms. The predicted molar refractivity (Wildman–Crippen MR) is 123 cm³/mol. The minimum absolute atomic E-state index is 0.262. The molecule has 0 radical (unpaired) electrons. The van der Waals surface area contributed by atoms with Crippen molar-refractivity contribution in [3.05, 3.63) is 77.5 Å². The molecule has 1 aromatic heterocycles. The molecular formula is C24H24F3N3O4S. The van der Waals surface area contributed by atoms with Gasteiger partial charge in [-0.2, -0.15) is 18.3 Å². The molecule has 4 rings (SSSR count). The molecule has 1 aliphatic rings. The number of halogens is 3. The average molecular weight is 508 g/mol. The van der Waals surface area contributed by atoms with E-state index in [1.54, 1.807) is 17.7 Å². The van der Waals surface area contributed by atoms with Crippen LogP contribution in [-0.4, -0.2) is 47.1 Å². The minimum Gasteiger partial charge on any atom is -0.480 e. The van der Waals surface area contributed by atoms with Crippen LogP contribution in [0.3, 0.4) is 0 Å². The summed E-state index contributed by atoms with van der Waals surface area (Å²) in [7, 11) is -4.48. The first-order valence-corrected chi connectivity index (χ1v) is 12.5. The lowest BCUT2D eigenvalue weighted by atomic mass is 10.1. The van der Waals surface area contributed by atoms with Crippen molar-refractivity contribution >= 4 is 21.6 Å². The Morgan fingerprint density at radius 2 is 1.77 bits per heavy atom. The molecule has 0 bridgehead atoms. The van der Waals surface area contributed by atoms with Crippen LogP contribution in [0.4, 0.5) is 19.0 Å². The summed E-state index contributed by atoms with van der Waals surface area (Å²) in [6.07, 6.45) is -4.59. The normalized spacial score (nSPS) is 18.7. The molecule has 2 atom stereocenters. The number of benzene rings is 2. The zero-order valence-electron chi connectivity index (χ0n) is 18.8. The number of nitrogens with zero attached hydrogens (tertiary/aromatic N) is 3. The third kappa shape index (κ3) is 5.04. The molecule has 0 saturated carbocycles. The number of aromatic nitrogens is 2. The molecule has 35 heavy (non-hydrogen) atoms. The number of anilines is 1. The third-order valence-corrected chi connectivity index (χ3v) is 8.30. The van der Waals surface area contributed by atoms with Crippen LogP contribution < -0.4 is 4.90 Å². The highest BCUT2D eigenvalue weighted by atomic mass is 32.2. The molecule has 2 heterocycles. The van der Waals surface area contributed by atoms with Gasteiger partial charge in [0.2, 0.25) is 0 Å². The van der Waals surface area contributed by atoms with Gasteiger partial charge in [-0.25, -0.2) is 17.9 Å². The summed E-state index contributed by atoms with van der Waals surface area (Å²) in [4.78, 5) is 12.7. The van der Waals surface area contributed by atoms with Crippen molar-refractivity contribution in [1.82, 2.24) is 9.78 Å². The number of carboxylic acids is 1. The zero-order chi connectivity index (χ0) is 25.4. The van der Waals surface area contributed by atoms with Crippen LogP contribution in [0.2, 0.25) is 0 Å². The first-order chi connectivity index (χ1) is 16.5. The highest BCUT2D eigenvalue weighted by Crippen LogP contribution is 2.38. The average Bonchev–Trinajstić information content (AvgIpc) is 3.42. The van der Waals surface area contributed by atoms with Gasteiger partial charge in [0.05, 0.1) is 21.4 Å². The lowest BCUT2D eigenvalue weighted by molar-refractivity contribution is -0.140. The van der Waals surface area contributed by atoms with Gasteiger partial charge in [-0.1, -0.05) is 42.5 Å². The summed E-state index contributed by atoms with van der Waals surface area (Å²) >= 11 is 0. The summed E-state index contributed by atoms with van der Waals surface area (Å²) < 4.78 is 68.8. The quantitative estimate of drug-likeness (QED) is 0.521. The Morgan fingerprint density at radius 1 is 1.11 bits per heavy atom. The monoisotopic (exact) mass is 507 g/mol. The number of aryl methyl sites for hydroxylation is 3. The minimum atomic E-state index is -4.86. The van der Waals surface area contributed by atoms with Gasteiger partial charge < -0.3 is 10.0 Å². The van der Waals surface area contributed by atoms with Crippen LogP contribution >= 0.6 is 0 Å². The summed E-state index contributed by atoms with van der Waals surface area (Å²) in [5.74, 6) is -0.826. The standard InChI is InChI=1S/C24H24F3N3O4S/c1-16-13-22(30(28-16)12-11-17-7-3-2-4-8-17)29-15-18(14-20(29)23(31)32)35(33,34)21-10-6-5-9-19(21)24(25,26)27/h2-10,13,18,20H,11-12,14-15H2,1H3,(H,31,32)/t18-,20-/m1/s1. The molecular weight excluding hydrogens is 483 g/mol. The molecule has 2 aromatic carbocycles. The predicted octanol–water partition coefficient (Wildman–Crippen LogP) is 3.96. The number of aliphatic carboxylic acids is 1. The summed E-state index contributed by atoms with van der Waals surface area (Å²) in [5.41, 5.74) is 0.409. The van der Waals surface area contributed by atoms with Crippen molar-refractivity contribution in [3.8, 4) is 0 Å². The Bertz CT molecular complexity index is 1320. The topological polar surface area (TPSA) is 92.5 Å². The van der Waals surface area contributed by atoms with Crippen molar-refractivity contribution in [2.45, 2.75) is 48.7 Å². The highest BCUT2D eigenvalue weighted by molar-refractivity contribution is 7.92. The SMILES string of the molecule is Cc1cc(N2C[C@H](S(=O)(=O)c3ccccc3C(F)(F)F)C[C@@H]2C(=O)O)n(CCc2ccccc2)n1. The van der Waals surface area contributed by atoms with E-state index in [4.69, 9.17) is 0 Å². The molecule has 7 nitrogen and oxygen atoms in total. The first-order valence-electron chi connectivity index (χ1n) is 11.0. The lowest BCUT2D eigenvalue weighted by Gasteiger charge is -2.24. The second-order valence-electron chi connectivity index (χ2n) is 8.51. The number of alkyl halides is 3. The maximum Gasteiger partial charge on any atom is 0.417 e. The Kier molecular flexibility index (Phi) is 6.63. The van der Waals surface area contributed by atoms with Crippen molar-refractivity contribution in [2.24, 2.45) is 0 Å². The fraction of sp³-hybridized carbons (Fsp3) is 0.333. The maximum absolute atomic E-state index is 13.5. The second kappa shape index (κ2) is 9.37. The summed E-state index contributed by atoms with van der Waals surface area (Å²) in [5, 5.41) is 13.0. The van der Waals surface area contributed by atoms with Crippen molar-refractivity contribution in [3.63, 3.8) is 0 Å². The molecule has 11 heteroatoms. The van der Waals surface area contributed by atoms with Gasteiger partial charge in [0.1, 0.15) is 11.9 Å². The first kappa shape index (κ1) is 24.8. The molecule has 0 aliphatic carbocycles. The van der Waals surface area contributed by atoms with Gasteiger partial charge in [0.25, 0.3) is 0 Å². The van der Waals surface area contributed by atoms with Gasteiger partial charge in [0, 0.05) is 19.2 Å². The van der Waals surface area contributed by atoms with E-state index in [0.29, 0.717) is 24.5 Å². The molecule has 3 aromatic rings. The number of carboxylic acid groups (broad SMARTS) is 1. The van der Waals surface area contributed by atoms with E-state index >= 15 is 0 Å². The Labute approximate surface area is 200 Å². The number of rotatable bonds is 7. The van der Waals surface area contributed by atoms with Crippen molar-refractivity contribution in [1.29, 1.82) is 0 Å². The van der Waals surface area contributed by atoms with Crippen LogP contribution in [-0.2, 0) is 33.8 Å². The molecule has 1 N–H and O–H groups in total. The van der Waals surface area contributed by atoms with E-state index in [-0.39, 0.29) is 13.0 Å². The van der Waals surface area contributed by atoms with E-state index in [1.807, 2.05) is 30.3 Å². The van der Waals surface area contributed by atoms with Gasteiger partial charge in [-0.05, 0) is 37.5 Å². The fourth-order valence-corrected chi connectivity index (χ4v) is 6.36. The van der Waals surface area contributed by atoms with Crippen LogP contribution in [0.1, 0.15) is 23.2 Å².